The van der Waals surface area contributed by atoms with Crippen molar-refractivity contribution in [2.24, 2.45) is 0 Å². The van der Waals surface area contributed by atoms with Crippen LogP contribution in [0.25, 0.3) is 11.1 Å². The average molecular weight is 580 g/mol. The molecular weight excluding hydrogens is 536 g/mol. The van der Waals surface area contributed by atoms with Crippen LogP contribution in [0.15, 0.2) is 71.2 Å². The van der Waals surface area contributed by atoms with E-state index in [2.05, 4.69) is 41.9 Å². The van der Waals surface area contributed by atoms with Crippen molar-refractivity contribution in [2.45, 2.75) is 90.9 Å². The third-order valence-electron chi connectivity index (χ3n) is 6.86. The number of carbonyl (C=O) groups excluding carboxylic acids is 1. The molecular formula is C34H43BrO3. The fourth-order valence-electron chi connectivity index (χ4n) is 4.49. The van der Waals surface area contributed by atoms with Crippen LogP contribution >= 0.6 is 15.9 Å². The van der Waals surface area contributed by atoms with E-state index in [1.165, 1.54) is 69.8 Å². The van der Waals surface area contributed by atoms with Crippen molar-refractivity contribution in [3.63, 3.8) is 0 Å². The summed E-state index contributed by atoms with van der Waals surface area (Å²) in [5, 5.41) is 0. The Hall–Kier alpha value is -2.59. The number of hydrogen-bond acceptors (Lipinski definition) is 3. The summed E-state index contributed by atoms with van der Waals surface area (Å²) in [4.78, 5) is 12.7. The minimum Gasteiger partial charge on any atom is -0.494 e. The summed E-state index contributed by atoms with van der Waals surface area (Å²) in [7, 11) is 0. The van der Waals surface area contributed by atoms with Gasteiger partial charge in [0.2, 0.25) is 0 Å². The molecule has 0 aromatic heterocycles. The number of rotatable bonds is 17. The summed E-state index contributed by atoms with van der Waals surface area (Å²) >= 11 is 3.64. The highest BCUT2D eigenvalue weighted by Gasteiger charge is 2.11. The molecule has 0 atom stereocenters. The molecule has 0 aliphatic heterocycles. The SMILES string of the molecule is CCCCCCCCOc1ccc(-c2ccc(OC(=O)c3ccc(CCCCCCC)c(Br)c3)cc2)cc1. The second-order valence-corrected chi connectivity index (χ2v) is 10.9. The maximum atomic E-state index is 12.7. The standard InChI is InChI=1S/C34H43BrO3/c1-3-5-7-9-11-13-25-37-31-21-17-27(18-22-31)28-19-23-32(24-20-28)38-34(36)30-16-15-29(33(35)26-30)14-12-10-8-6-4-2/h15-24,26H,3-14,25H2,1-2H3. The molecule has 0 saturated heterocycles. The lowest BCUT2D eigenvalue weighted by atomic mass is 10.0. The van der Waals surface area contributed by atoms with Gasteiger partial charge in [0.05, 0.1) is 12.2 Å². The topological polar surface area (TPSA) is 35.5 Å². The van der Waals surface area contributed by atoms with Gasteiger partial charge in [-0.15, -0.1) is 0 Å². The number of hydrogen-bond donors (Lipinski definition) is 0. The molecule has 0 radical (unpaired) electrons. The number of ether oxygens (including phenoxy) is 2. The van der Waals surface area contributed by atoms with Crippen LogP contribution in [0.5, 0.6) is 11.5 Å². The summed E-state index contributed by atoms with van der Waals surface area (Å²) in [6.45, 7) is 5.24. The Morgan fingerprint density at radius 1 is 0.658 bits per heavy atom. The monoisotopic (exact) mass is 578 g/mol. The van der Waals surface area contributed by atoms with E-state index in [1.807, 2.05) is 54.6 Å². The van der Waals surface area contributed by atoms with Crippen molar-refractivity contribution in [2.75, 3.05) is 6.61 Å². The fourth-order valence-corrected chi connectivity index (χ4v) is 5.07. The maximum Gasteiger partial charge on any atom is 0.343 e. The lowest BCUT2D eigenvalue weighted by molar-refractivity contribution is 0.0734. The molecule has 3 rings (SSSR count). The van der Waals surface area contributed by atoms with E-state index in [-0.39, 0.29) is 5.97 Å². The Morgan fingerprint density at radius 3 is 1.82 bits per heavy atom. The molecule has 0 heterocycles. The van der Waals surface area contributed by atoms with Gasteiger partial charge in [0.25, 0.3) is 0 Å². The molecule has 0 unspecified atom stereocenters. The zero-order valence-electron chi connectivity index (χ0n) is 23.1. The Kier molecular flexibility index (Phi) is 13.5. The van der Waals surface area contributed by atoms with Crippen LogP contribution in [0.2, 0.25) is 0 Å². The molecule has 3 nitrogen and oxygen atoms in total. The Bertz CT molecular complexity index is 1090. The van der Waals surface area contributed by atoms with Gasteiger partial charge in [0, 0.05) is 4.47 Å². The third-order valence-corrected chi connectivity index (χ3v) is 7.60. The molecule has 0 fully saturated rings. The molecule has 204 valence electrons. The van der Waals surface area contributed by atoms with E-state index >= 15 is 0 Å². The van der Waals surface area contributed by atoms with Crippen LogP contribution in [0.4, 0.5) is 0 Å². The highest BCUT2D eigenvalue weighted by atomic mass is 79.9. The molecule has 0 N–H and O–H groups in total. The van der Waals surface area contributed by atoms with E-state index < -0.39 is 0 Å². The lowest BCUT2D eigenvalue weighted by Gasteiger charge is -2.09. The first-order valence-electron chi connectivity index (χ1n) is 14.4. The minimum absolute atomic E-state index is 0.347. The average Bonchev–Trinajstić information content (AvgIpc) is 2.94. The van der Waals surface area contributed by atoms with Gasteiger partial charge >= 0.3 is 5.97 Å². The number of benzene rings is 3. The smallest absolute Gasteiger partial charge is 0.343 e. The highest BCUT2D eigenvalue weighted by Crippen LogP contribution is 2.26. The molecule has 3 aromatic carbocycles. The van der Waals surface area contributed by atoms with Gasteiger partial charge in [-0.3, -0.25) is 0 Å². The van der Waals surface area contributed by atoms with E-state index in [1.54, 1.807) is 0 Å². The largest absolute Gasteiger partial charge is 0.494 e. The van der Waals surface area contributed by atoms with Crippen molar-refractivity contribution < 1.29 is 14.3 Å². The second kappa shape index (κ2) is 17.1. The Balaban J connectivity index is 1.46. The van der Waals surface area contributed by atoms with Gasteiger partial charge < -0.3 is 9.47 Å². The summed E-state index contributed by atoms with van der Waals surface area (Å²) in [5.74, 6) is 1.09. The van der Waals surface area contributed by atoms with Crippen LogP contribution in [0.3, 0.4) is 0 Å². The predicted molar refractivity (Wildman–Crippen MR) is 162 cm³/mol. The normalized spacial score (nSPS) is 10.9. The lowest BCUT2D eigenvalue weighted by Crippen LogP contribution is -2.08. The van der Waals surface area contributed by atoms with E-state index in [0.29, 0.717) is 11.3 Å². The number of carbonyl (C=O) groups is 1. The summed E-state index contributed by atoms with van der Waals surface area (Å²) < 4.78 is 12.5. The molecule has 3 aromatic rings. The number of aryl methyl sites for hydroxylation is 1. The number of unbranched alkanes of at least 4 members (excludes halogenated alkanes) is 9. The summed E-state index contributed by atoms with van der Waals surface area (Å²) in [6, 6.07) is 21.6. The van der Waals surface area contributed by atoms with Crippen LogP contribution in [-0.2, 0) is 6.42 Å². The summed E-state index contributed by atoms with van der Waals surface area (Å²) in [6.07, 6.45) is 14.9. The zero-order chi connectivity index (χ0) is 27.0. The van der Waals surface area contributed by atoms with Gasteiger partial charge in [-0.1, -0.05) is 118 Å². The molecule has 0 amide bonds. The third kappa shape index (κ3) is 10.3. The fraction of sp³-hybridized carbons (Fsp3) is 0.441. The zero-order valence-corrected chi connectivity index (χ0v) is 24.7. The Labute approximate surface area is 238 Å². The molecule has 0 bridgehead atoms. The number of halogens is 1. The first kappa shape index (κ1) is 30.0. The second-order valence-electron chi connectivity index (χ2n) is 10.0. The molecule has 38 heavy (non-hydrogen) atoms. The van der Waals surface area contributed by atoms with Gasteiger partial charge in [-0.05, 0) is 72.4 Å². The first-order chi connectivity index (χ1) is 18.6. The van der Waals surface area contributed by atoms with Crippen LogP contribution in [0.1, 0.15) is 100 Å². The minimum atomic E-state index is -0.347. The van der Waals surface area contributed by atoms with Gasteiger partial charge in [-0.2, -0.15) is 0 Å². The maximum absolute atomic E-state index is 12.7. The van der Waals surface area contributed by atoms with E-state index in [9.17, 15) is 4.79 Å². The van der Waals surface area contributed by atoms with Gasteiger partial charge in [-0.25, -0.2) is 4.79 Å². The predicted octanol–water partition coefficient (Wildman–Crippen LogP) is 10.6. The molecule has 0 saturated carbocycles. The van der Waals surface area contributed by atoms with Crippen molar-refractivity contribution in [3.05, 3.63) is 82.3 Å². The summed E-state index contributed by atoms with van der Waals surface area (Å²) in [5.41, 5.74) is 3.95. The van der Waals surface area contributed by atoms with Gasteiger partial charge in [0.15, 0.2) is 0 Å². The first-order valence-corrected chi connectivity index (χ1v) is 15.2. The Morgan fingerprint density at radius 2 is 1.21 bits per heavy atom. The van der Waals surface area contributed by atoms with Crippen LogP contribution < -0.4 is 9.47 Å². The van der Waals surface area contributed by atoms with Crippen molar-refractivity contribution in [1.82, 2.24) is 0 Å². The molecule has 4 heteroatoms. The molecule has 0 aliphatic carbocycles. The van der Waals surface area contributed by atoms with Crippen molar-refractivity contribution in [1.29, 1.82) is 0 Å². The van der Waals surface area contributed by atoms with Crippen LogP contribution in [-0.4, -0.2) is 12.6 Å². The quantitative estimate of drug-likeness (QED) is 0.0907. The van der Waals surface area contributed by atoms with E-state index in [0.717, 1.165) is 40.8 Å². The van der Waals surface area contributed by atoms with Gasteiger partial charge in [0.1, 0.15) is 11.5 Å². The van der Waals surface area contributed by atoms with Crippen LogP contribution in [0, 0.1) is 0 Å². The number of esters is 1. The van der Waals surface area contributed by atoms with Crippen molar-refractivity contribution >= 4 is 21.9 Å². The highest BCUT2D eigenvalue weighted by molar-refractivity contribution is 9.10. The van der Waals surface area contributed by atoms with E-state index in [4.69, 9.17) is 9.47 Å². The molecule has 0 spiro atoms. The molecule has 0 aliphatic rings. The van der Waals surface area contributed by atoms with Crippen molar-refractivity contribution in [3.8, 4) is 22.6 Å².